The van der Waals surface area contributed by atoms with Crippen LogP contribution in [0.15, 0.2) is 48.5 Å². The molecule has 5 nitrogen and oxygen atoms in total. The molecule has 0 unspecified atom stereocenters. The zero-order valence-electron chi connectivity index (χ0n) is 15.2. The van der Waals surface area contributed by atoms with Crippen molar-refractivity contribution in [2.24, 2.45) is 0 Å². The molecule has 0 atom stereocenters. The maximum absolute atomic E-state index is 12.5. The first kappa shape index (κ1) is 17.3. The van der Waals surface area contributed by atoms with Crippen molar-refractivity contribution in [1.82, 2.24) is 15.6 Å². The van der Waals surface area contributed by atoms with Gasteiger partial charge in [0.05, 0.1) is 0 Å². The highest BCUT2D eigenvalue weighted by Gasteiger charge is 2.16. The fourth-order valence-corrected chi connectivity index (χ4v) is 3.69. The van der Waals surface area contributed by atoms with Crippen LogP contribution < -0.4 is 10.6 Å². The maximum Gasteiger partial charge on any atom is 0.251 e. The Morgan fingerprint density at radius 2 is 1.56 bits per heavy atom. The standard InChI is InChI=1S/C22H23N3O2/c26-21(15-6-2-1-3-7-15)23-12-13-24-22(27)16-10-11-20-18(14-16)17-8-4-5-9-19(17)25-20/h1-3,6-7,10-11,14,25H,4-5,8-9,12-13H2,(H,23,26)(H,24,27). The van der Waals surface area contributed by atoms with Crippen molar-refractivity contribution < 1.29 is 9.59 Å². The molecule has 1 aliphatic carbocycles. The molecule has 5 heteroatoms. The summed E-state index contributed by atoms with van der Waals surface area (Å²) in [6.45, 7) is 0.780. The maximum atomic E-state index is 12.5. The molecule has 0 radical (unpaired) electrons. The molecular formula is C22H23N3O2. The highest BCUT2D eigenvalue weighted by molar-refractivity contribution is 5.99. The quantitative estimate of drug-likeness (QED) is 0.611. The average molecular weight is 361 g/mol. The first-order chi connectivity index (χ1) is 13.2. The number of carbonyl (C=O) groups is 2. The van der Waals surface area contributed by atoms with Crippen molar-refractivity contribution >= 4 is 22.7 Å². The molecule has 4 rings (SSSR count). The first-order valence-corrected chi connectivity index (χ1v) is 9.47. The van der Waals surface area contributed by atoms with E-state index >= 15 is 0 Å². The van der Waals surface area contributed by atoms with Crippen LogP contribution in [0.1, 0.15) is 44.8 Å². The number of fused-ring (bicyclic) bond motifs is 3. The van der Waals surface area contributed by atoms with E-state index in [4.69, 9.17) is 0 Å². The Morgan fingerprint density at radius 1 is 0.852 bits per heavy atom. The molecule has 0 bridgehead atoms. The highest BCUT2D eigenvalue weighted by Crippen LogP contribution is 2.29. The molecule has 3 N–H and O–H groups in total. The zero-order valence-corrected chi connectivity index (χ0v) is 15.2. The lowest BCUT2D eigenvalue weighted by Crippen LogP contribution is -2.34. The number of aromatic nitrogens is 1. The van der Waals surface area contributed by atoms with Crippen LogP contribution in [0.25, 0.3) is 10.9 Å². The number of hydrogen-bond acceptors (Lipinski definition) is 2. The summed E-state index contributed by atoms with van der Waals surface area (Å²) in [6, 6.07) is 14.9. The normalized spacial score (nSPS) is 13.2. The minimum atomic E-state index is -0.134. The lowest BCUT2D eigenvalue weighted by atomic mass is 9.95. The number of hydrogen-bond donors (Lipinski definition) is 3. The van der Waals surface area contributed by atoms with E-state index in [1.807, 2.05) is 36.4 Å². The van der Waals surface area contributed by atoms with Gasteiger partial charge in [-0.15, -0.1) is 0 Å². The second-order valence-electron chi connectivity index (χ2n) is 6.93. The molecule has 138 valence electrons. The van der Waals surface area contributed by atoms with E-state index in [9.17, 15) is 9.59 Å². The molecule has 1 aliphatic rings. The van der Waals surface area contributed by atoms with Gasteiger partial charge >= 0.3 is 0 Å². The summed E-state index contributed by atoms with van der Waals surface area (Å²) in [6.07, 6.45) is 4.60. The molecule has 3 aromatic rings. The average Bonchev–Trinajstić information content (AvgIpc) is 3.09. The fraction of sp³-hybridized carbons (Fsp3) is 0.273. The Morgan fingerprint density at radius 3 is 2.33 bits per heavy atom. The van der Waals surface area contributed by atoms with E-state index < -0.39 is 0 Å². The number of nitrogens with one attached hydrogen (secondary N) is 3. The van der Waals surface area contributed by atoms with Gasteiger partial charge in [0.25, 0.3) is 11.8 Å². The number of rotatable bonds is 5. The van der Waals surface area contributed by atoms with Gasteiger partial charge in [0.15, 0.2) is 0 Å². The minimum Gasteiger partial charge on any atom is -0.358 e. The van der Waals surface area contributed by atoms with Crippen LogP contribution in [-0.2, 0) is 12.8 Å². The monoisotopic (exact) mass is 361 g/mol. The van der Waals surface area contributed by atoms with E-state index in [2.05, 4.69) is 15.6 Å². The molecule has 0 fully saturated rings. The molecule has 0 aliphatic heterocycles. The molecule has 0 saturated heterocycles. The number of aryl methyl sites for hydroxylation is 2. The molecular weight excluding hydrogens is 338 g/mol. The van der Waals surface area contributed by atoms with E-state index in [0.717, 1.165) is 23.7 Å². The summed E-state index contributed by atoms with van der Waals surface area (Å²) in [4.78, 5) is 27.9. The van der Waals surface area contributed by atoms with Gasteiger partial charge in [-0.05, 0) is 61.6 Å². The number of carbonyl (C=O) groups excluding carboxylic acids is 2. The van der Waals surface area contributed by atoms with E-state index in [0.29, 0.717) is 24.2 Å². The predicted octanol–water partition coefficient (Wildman–Crippen LogP) is 3.21. The summed E-state index contributed by atoms with van der Waals surface area (Å²) in [5.41, 5.74) is 5.06. The Bertz CT molecular complexity index is 976. The van der Waals surface area contributed by atoms with E-state index in [-0.39, 0.29) is 11.8 Å². The molecule has 1 aromatic heterocycles. The smallest absolute Gasteiger partial charge is 0.251 e. The number of benzene rings is 2. The lowest BCUT2D eigenvalue weighted by Gasteiger charge is -2.11. The van der Waals surface area contributed by atoms with Gasteiger partial charge in [0.2, 0.25) is 0 Å². The Kier molecular flexibility index (Phi) is 4.92. The molecule has 2 amide bonds. The Labute approximate surface area is 158 Å². The lowest BCUT2D eigenvalue weighted by molar-refractivity contribution is 0.0928. The van der Waals surface area contributed by atoms with Gasteiger partial charge < -0.3 is 15.6 Å². The van der Waals surface area contributed by atoms with Crippen molar-refractivity contribution in [2.45, 2.75) is 25.7 Å². The number of amides is 2. The summed E-state index contributed by atoms with van der Waals surface area (Å²) in [7, 11) is 0. The van der Waals surface area contributed by atoms with Gasteiger partial charge in [-0.3, -0.25) is 9.59 Å². The first-order valence-electron chi connectivity index (χ1n) is 9.47. The summed E-state index contributed by atoms with van der Waals surface area (Å²) in [5, 5.41) is 6.85. The SMILES string of the molecule is O=C(NCCNC(=O)c1ccc2[nH]c3c(c2c1)CCCC3)c1ccccc1. The third-order valence-electron chi connectivity index (χ3n) is 5.09. The van der Waals surface area contributed by atoms with Crippen LogP contribution >= 0.6 is 0 Å². The summed E-state index contributed by atoms with van der Waals surface area (Å²) < 4.78 is 0. The largest absolute Gasteiger partial charge is 0.358 e. The van der Waals surface area contributed by atoms with Crippen LogP contribution in [-0.4, -0.2) is 29.9 Å². The van der Waals surface area contributed by atoms with Crippen molar-refractivity contribution in [2.75, 3.05) is 13.1 Å². The van der Waals surface area contributed by atoms with Crippen LogP contribution in [0.3, 0.4) is 0 Å². The van der Waals surface area contributed by atoms with Crippen molar-refractivity contribution in [3.63, 3.8) is 0 Å². The summed E-state index contributed by atoms with van der Waals surface area (Å²) >= 11 is 0. The molecule has 1 heterocycles. The summed E-state index contributed by atoms with van der Waals surface area (Å²) in [5.74, 6) is -0.248. The van der Waals surface area contributed by atoms with Gasteiger partial charge in [0.1, 0.15) is 0 Å². The highest BCUT2D eigenvalue weighted by atomic mass is 16.2. The van der Waals surface area contributed by atoms with E-state index in [1.54, 1.807) is 12.1 Å². The van der Waals surface area contributed by atoms with Gasteiger partial charge in [-0.2, -0.15) is 0 Å². The third-order valence-corrected chi connectivity index (χ3v) is 5.09. The predicted molar refractivity (Wildman–Crippen MR) is 106 cm³/mol. The second-order valence-corrected chi connectivity index (χ2v) is 6.93. The zero-order chi connectivity index (χ0) is 18.6. The number of H-pyrrole nitrogens is 1. The molecule has 2 aromatic carbocycles. The van der Waals surface area contributed by atoms with Gasteiger partial charge in [-0.25, -0.2) is 0 Å². The Hall–Kier alpha value is -3.08. The third kappa shape index (κ3) is 3.72. The van der Waals surface area contributed by atoms with E-state index in [1.165, 1.54) is 24.1 Å². The molecule has 0 spiro atoms. The van der Waals surface area contributed by atoms with Crippen LogP contribution in [0.2, 0.25) is 0 Å². The molecule has 0 saturated carbocycles. The van der Waals surface area contributed by atoms with Crippen LogP contribution in [0.4, 0.5) is 0 Å². The van der Waals surface area contributed by atoms with Gasteiger partial charge in [-0.1, -0.05) is 18.2 Å². The Balaban J connectivity index is 1.35. The minimum absolute atomic E-state index is 0.114. The van der Waals surface area contributed by atoms with Crippen LogP contribution in [0.5, 0.6) is 0 Å². The van der Waals surface area contributed by atoms with Crippen LogP contribution in [0, 0.1) is 0 Å². The van der Waals surface area contributed by atoms with Crippen molar-refractivity contribution in [3.05, 3.63) is 70.9 Å². The number of aromatic amines is 1. The van der Waals surface area contributed by atoms with Gasteiger partial charge in [0, 0.05) is 40.8 Å². The second kappa shape index (κ2) is 7.66. The molecule has 27 heavy (non-hydrogen) atoms. The topological polar surface area (TPSA) is 74.0 Å². The fourth-order valence-electron chi connectivity index (χ4n) is 3.69. The van der Waals surface area contributed by atoms with Crippen molar-refractivity contribution in [1.29, 1.82) is 0 Å². The van der Waals surface area contributed by atoms with Crippen molar-refractivity contribution in [3.8, 4) is 0 Å².